The van der Waals surface area contributed by atoms with Crippen LogP contribution in [0, 0.1) is 10.8 Å². The standard InChI is InChI=1S/C20H26F12N2O4/c1-15(2)4-10(34(14(36)37)8-17(23,24)11(21)19(27,28)29)5-16(3,6-15)7-33-13(35)38-9-18(25,26)12(22)20(30,31)32/h10-12H,4-9H2,1-3H3,(H,33,35)(H,36,37). The maximum Gasteiger partial charge on any atom is 0.425 e. The minimum Gasteiger partial charge on any atom is -0.465 e. The molecular weight excluding hydrogens is 560 g/mol. The summed E-state index contributed by atoms with van der Waals surface area (Å²) in [5, 5.41) is 11.3. The molecule has 1 aliphatic rings. The summed E-state index contributed by atoms with van der Waals surface area (Å²) in [6.07, 6.45) is -25.4. The van der Waals surface area contributed by atoms with Crippen LogP contribution in [-0.4, -0.2) is 84.5 Å². The van der Waals surface area contributed by atoms with Gasteiger partial charge in [0.05, 0.1) is 6.54 Å². The second kappa shape index (κ2) is 11.1. The smallest absolute Gasteiger partial charge is 0.425 e. The lowest BCUT2D eigenvalue weighted by Crippen LogP contribution is -2.57. The third-order valence-corrected chi connectivity index (χ3v) is 5.86. The van der Waals surface area contributed by atoms with Crippen LogP contribution in [0.1, 0.15) is 40.0 Å². The number of halogens is 12. The van der Waals surface area contributed by atoms with Crippen LogP contribution in [0.2, 0.25) is 0 Å². The van der Waals surface area contributed by atoms with Gasteiger partial charge in [0.2, 0.25) is 0 Å². The summed E-state index contributed by atoms with van der Waals surface area (Å²) in [7, 11) is 0. The summed E-state index contributed by atoms with van der Waals surface area (Å²) in [5.74, 6) is -10.3. The minimum atomic E-state index is -5.97. The molecule has 224 valence electrons. The Labute approximate surface area is 208 Å². The molecule has 4 unspecified atom stereocenters. The summed E-state index contributed by atoms with van der Waals surface area (Å²) in [4.78, 5) is 23.4. The van der Waals surface area contributed by atoms with Gasteiger partial charge in [0.25, 0.3) is 12.3 Å². The Bertz CT molecular complexity index is 849. The van der Waals surface area contributed by atoms with Gasteiger partial charge in [-0.2, -0.15) is 35.1 Å². The Balaban J connectivity index is 2.98. The Hall–Kier alpha value is -2.30. The molecular formula is C20H26F12N2O4. The molecule has 0 bridgehead atoms. The number of amides is 2. The lowest BCUT2D eigenvalue weighted by Gasteiger charge is -2.49. The molecule has 0 aromatic heterocycles. The van der Waals surface area contributed by atoms with E-state index >= 15 is 0 Å². The van der Waals surface area contributed by atoms with Crippen LogP contribution < -0.4 is 5.32 Å². The van der Waals surface area contributed by atoms with Crippen LogP contribution in [0.15, 0.2) is 0 Å². The Morgan fingerprint density at radius 2 is 1.39 bits per heavy atom. The minimum absolute atomic E-state index is 0.0467. The predicted molar refractivity (Wildman–Crippen MR) is 105 cm³/mol. The monoisotopic (exact) mass is 586 g/mol. The molecule has 2 amide bonds. The van der Waals surface area contributed by atoms with E-state index in [1.54, 1.807) is 0 Å². The second-order valence-electron chi connectivity index (χ2n) is 10.4. The number of carbonyl (C=O) groups is 2. The molecule has 2 N–H and O–H groups in total. The average molecular weight is 586 g/mol. The lowest BCUT2D eigenvalue weighted by molar-refractivity contribution is -0.251. The third kappa shape index (κ3) is 9.17. The van der Waals surface area contributed by atoms with Gasteiger partial charge in [0.15, 0.2) is 6.61 Å². The summed E-state index contributed by atoms with van der Waals surface area (Å²) in [5.41, 5.74) is -2.13. The number of hydrogen-bond acceptors (Lipinski definition) is 3. The van der Waals surface area contributed by atoms with Crippen LogP contribution in [0.5, 0.6) is 0 Å². The number of carbonyl (C=O) groups excluding carboxylic acids is 1. The van der Waals surface area contributed by atoms with Crippen molar-refractivity contribution in [3.63, 3.8) is 0 Å². The highest BCUT2D eigenvalue weighted by Gasteiger charge is 2.59. The van der Waals surface area contributed by atoms with Crippen molar-refractivity contribution in [3.8, 4) is 0 Å². The van der Waals surface area contributed by atoms with E-state index in [1.807, 2.05) is 5.32 Å². The van der Waals surface area contributed by atoms with Gasteiger partial charge in [0.1, 0.15) is 0 Å². The third-order valence-electron chi connectivity index (χ3n) is 5.86. The van der Waals surface area contributed by atoms with Crippen LogP contribution in [0.4, 0.5) is 62.3 Å². The Kier molecular flexibility index (Phi) is 9.81. The van der Waals surface area contributed by atoms with Crippen molar-refractivity contribution in [1.29, 1.82) is 0 Å². The SMILES string of the molecule is CC1(C)CC(N(CC(F)(F)C(F)C(F)(F)F)C(=O)O)CC(C)(CNC(=O)OCC(F)(F)C(F)C(F)(F)F)C1. The van der Waals surface area contributed by atoms with E-state index < -0.39 is 85.3 Å². The van der Waals surface area contributed by atoms with E-state index in [1.165, 1.54) is 20.8 Å². The molecule has 0 saturated heterocycles. The fourth-order valence-corrected chi connectivity index (χ4v) is 4.64. The van der Waals surface area contributed by atoms with E-state index in [4.69, 9.17) is 0 Å². The van der Waals surface area contributed by atoms with Crippen molar-refractivity contribution >= 4 is 12.2 Å². The number of nitrogens with zero attached hydrogens (tertiary/aromatic N) is 1. The number of alkyl halides is 12. The van der Waals surface area contributed by atoms with Gasteiger partial charge in [0, 0.05) is 12.6 Å². The number of ether oxygens (including phenoxy) is 1. The first-order valence-corrected chi connectivity index (χ1v) is 10.8. The molecule has 18 heteroatoms. The largest absolute Gasteiger partial charge is 0.465 e. The lowest BCUT2D eigenvalue weighted by atomic mass is 9.62. The fraction of sp³-hybridized carbons (Fsp3) is 0.900. The first-order chi connectivity index (χ1) is 16.7. The second-order valence-corrected chi connectivity index (χ2v) is 10.4. The highest BCUT2D eigenvalue weighted by molar-refractivity contribution is 5.67. The Morgan fingerprint density at radius 1 is 0.921 bits per heavy atom. The van der Waals surface area contributed by atoms with E-state index in [9.17, 15) is 67.4 Å². The van der Waals surface area contributed by atoms with E-state index in [2.05, 4.69) is 4.74 Å². The zero-order valence-corrected chi connectivity index (χ0v) is 20.1. The van der Waals surface area contributed by atoms with E-state index in [-0.39, 0.29) is 24.2 Å². The van der Waals surface area contributed by atoms with Crippen molar-refractivity contribution in [3.05, 3.63) is 0 Å². The molecule has 0 spiro atoms. The highest BCUT2D eigenvalue weighted by atomic mass is 19.4. The molecule has 0 aliphatic heterocycles. The first-order valence-electron chi connectivity index (χ1n) is 10.8. The molecule has 1 rings (SSSR count). The number of hydrogen-bond donors (Lipinski definition) is 2. The Morgan fingerprint density at radius 3 is 1.84 bits per heavy atom. The van der Waals surface area contributed by atoms with Crippen molar-refractivity contribution < 1.29 is 72.1 Å². The summed E-state index contributed by atoms with van der Waals surface area (Å²) in [6, 6.07) is -1.41. The molecule has 1 fully saturated rings. The van der Waals surface area contributed by atoms with Crippen LogP contribution in [0.3, 0.4) is 0 Å². The zero-order valence-electron chi connectivity index (χ0n) is 20.1. The molecule has 1 aliphatic carbocycles. The summed E-state index contributed by atoms with van der Waals surface area (Å²) < 4.78 is 159. The molecule has 0 aromatic rings. The van der Waals surface area contributed by atoms with Crippen molar-refractivity contribution in [2.24, 2.45) is 10.8 Å². The predicted octanol–water partition coefficient (Wildman–Crippen LogP) is 6.35. The quantitative estimate of drug-likeness (QED) is 0.309. The van der Waals surface area contributed by atoms with Crippen molar-refractivity contribution in [1.82, 2.24) is 10.2 Å². The van der Waals surface area contributed by atoms with Crippen molar-refractivity contribution in [2.45, 2.75) is 82.6 Å². The van der Waals surface area contributed by atoms with Gasteiger partial charge in [-0.1, -0.05) is 20.8 Å². The van der Waals surface area contributed by atoms with Gasteiger partial charge in [-0.15, -0.1) is 0 Å². The topological polar surface area (TPSA) is 78.9 Å². The maximum absolute atomic E-state index is 14.0. The normalized spacial score (nSPS) is 24.3. The fourth-order valence-electron chi connectivity index (χ4n) is 4.64. The maximum atomic E-state index is 14.0. The van der Waals surface area contributed by atoms with Crippen LogP contribution in [-0.2, 0) is 4.74 Å². The molecule has 0 aromatic carbocycles. The van der Waals surface area contributed by atoms with Crippen molar-refractivity contribution in [2.75, 3.05) is 19.7 Å². The molecule has 1 saturated carbocycles. The van der Waals surface area contributed by atoms with Gasteiger partial charge in [-0.3, -0.25) is 4.90 Å². The molecule has 0 radical (unpaired) electrons. The molecule has 4 atom stereocenters. The number of alkyl carbamates (subject to hydrolysis) is 1. The highest BCUT2D eigenvalue weighted by Crippen LogP contribution is 2.48. The van der Waals surface area contributed by atoms with Crippen LogP contribution >= 0.6 is 0 Å². The summed E-state index contributed by atoms with van der Waals surface area (Å²) in [6.45, 7) is -0.526. The number of carboxylic acid groups (broad SMARTS) is 1. The van der Waals surface area contributed by atoms with Gasteiger partial charge < -0.3 is 15.2 Å². The molecule has 38 heavy (non-hydrogen) atoms. The zero-order chi connectivity index (χ0) is 30.1. The van der Waals surface area contributed by atoms with Gasteiger partial charge in [-0.05, 0) is 30.1 Å². The van der Waals surface area contributed by atoms with E-state index in [0.717, 1.165) is 0 Å². The number of rotatable bonds is 9. The average Bonchev–Trinajstić information content (AvgIpc) is 2.70. The molecule has 0 heterocycles. The first kappa shape index (κ1) is 33.7. The van der Waals surface area contributed by atoms with E-state index in [0.29, 0.717) is 0 Å². The van der Waals surface area contributed by atoms with Gasteiger partial charge in [-0.25, -0.2) is 27.2 Å². The number of nitrogens with one attached hydrogen (secondary N) is 1. The van der Waals surface area contributed by atoms with Gasteiger partial charge >= 0.3 is 36.4 Å². The summed E-state index contributed by atoms with van der Waals surface area (Å²) >= 11 is 0. The molecule has 6 nitrogen and oxygen atoms in total. The van der Waals surface area contributed by atoms with Crippen LogP contribution in [0.25, 0.3) is 0 Å².